The minimum absolute atomic E-state index is 0.00153. The summed E-state index contributed by atoms with van der Waals surface area (Å²) in [7, 11) is 0. The van der Waals surface area contributed by atoms with Crippen molar-refractivity contribution in [2.75, 3.05) is 18.5 Å². The minimum Gasteiger partial charge on any atom is -0.459 e. The monoisotopic (exact) mass is 293 g/mol. The molecule has 0 bridgehead atoms. The van der Waals surface area contributed by atoms with Crippen molar-refractivity contribution < 1.29 is 19.1 Å². The lowest BCUT2D eigenvalue weighted by Crippen LogP contribution is -2.17. The molecule has 1 aromatic rings. The van der Waals surface area contributed by atoms with Gasteiger partial charge in [0.05, 0.1) is 0 Å². The first-order valence-corrected chi connectivity index (χ1v) is 6.97. The largest absolute Gasteiger partial charge is 0.459 e. The van der Waals surface area contributed by atoms with Crippen LogP contribution in [0.3, 0.4) is 0 Å². The number of aryl methyl sites for hydroxylation is 1. The van der Waals surface area contributed by atoms with E-state index in [0.717, 1.165) is 12.5 Å². The van der Waals surface area contributed by atoms with Crippen LogP contribution in [-0.4, -0.2) is 25.3 Å². The molecule has 0 heterocycles. The van der Waals surface area contributed by atoms with E-state index in [4.69, 9.17) is 4.74 Å². The fraction of sp³-hybridized carbons (Fsp3) is 0.375. The topological polar surface area (TPSA) is 64.6 Å². The highest BCUT2D eigenvalue weighted by Gasteiger charge is 2.03. The Bertz CT molecular complexity index is 440. The SMILES string of the molecule is C=CC(=O)OCCOC(=O)Nc1ccc(CC)cc1.CC. The normalized spacial score (nSPS) is 8.90. The summed E-state index contributed by atoms with van der Waals surface area (Å²) in [6.07, 6.45) is 1.41. The van der Waals surface area contributed by atoms with Gasteiger partial charge in [0.25, 0.3) is 0 Å². The molecule has 1 amide bonds. The molecule has 0 atom stereocenters. The molecule has 1 rings (SSSR count). The second-order valence-corrected chi connectivity index (χ2v) is 3.68. The van der Waals surface area contributed by atoms with Crippen molar-refractivity contribution in [3.63, 3.8) is 0 Å². The van der Waals surface area contributed by atoms with E-state index in [-0.39, 0.29) is 13.2 Å². The van der Waals surface area contributed by atoms with Gasteiger partial charge in [-0.15, -0.1) is 0 Å². The highest BCUT2D eigenvalue weighted by molar-refractivity contribution is 5.84. The number of hydrogen-bond acceptors (Lipinski definition) is 4. The zero-order valence-electron chi connectivity index (χ0n) is 12.8. The standard InChI is InChI=1S/C14H17NO4.C2H6/c1-3-11-5-7-12(8-6-11)15-14(17)19-10-9-18-13(16)4-2;1-2/h4-8H,2-3,9-10H2,1H3,(H,15,17);1-2H3. The summed E-state index contributed by atoms with van der Waals surface area (Å²) in [6, 6.07) is 7.47. The fourth-order valence-corrected chi connectivity index (χ4v) is 1.31. The van der Waals surface area contributed by atoms with E-state index in [1.165, 1.54) is 5.56 Å². The zero-order valence-corrected chi connectivity index (χ0v) is 12.8. The molecule has 1 aromatic carbocycles. The molecule has 0 saturated carbocycles. The van der Waals surface area contributed by atoms with E-state index in [9.17, 15) is 9.59 Å². The minimum atomic E-state index is -0.584. The molecule has 116 valence electrons. The third-order valence-corrected chi connectivity index (χ3v) is 2.34. The maximum atomic E-state index is 11.4. The number of carbonyl (C=O) groups is 2. The van der Waals surface area contributed by atoms with E-state index in [2.05, 4.69) is 23.6 Å². The Balaban J connectivity index is 0.00000191. The quantitative estimate of drug-likeness (QED) is 0.495. The van der Waals surface area contributed by atoms with Crippen molar-refractivity contribution in [1.82, 2.24) is 0 Å². The average Bonchev–Trinajstić information content (AvgIpc) is 2.54. The third kappa shape index (κ3) is 8.47. The van der Waals surface area contributed by atoms with Gasteiger partial charge in [-0.2, -0.15) is 0 Å². The molecule has 5 heteroatoms. The summed E-state index contributed by atoms with van der Waals surface area (Å²) >= 11 is 0. The smallest absolute Gasteiger partial charge is 0.411 e. The van der Waals surface area contributed by atoms with E-state index in [0.29, 0.717) is 5.69 Å². The third-order valence-electron chi connectivity index (χ3n) is 2.34. The summed E-state index contributed by atoms with van der Waals surface area (Å²) in [5, 5.41) is 2.57. The summed E-state index contributed by atoms with van der Waals surface area (Å²) in [5.74, 6) is -0.542. The first-order chi connectivity index (χ1) is 10.2. The molecule has 0 spiro atoms. The molecule has 0 fully saturated rings. The molecular formula is C16H23NO4. The van der Waals surface area contributed by atoms with Crippen LogP contribution in [0.15, 0.2) is 36.9 Å². The van der Waals surface area contributed by atoms with Crippen LogP contribution in [0.2, 0.25) is 0 Å². The van der Waals surface area contributed by atoms with Crippen LogP contribution < -0.4 is 5.32 Å². The van der Waals surface area contributed by atoms with Gasteiger partial charge in [0.2, 0.25) is 0 Å². The number of anilines is 1. The molecule has 1 N–H and O–H groups in total. The van der Waals surface area contributed by atoms with Crippen molar-refractivity contribution in [2.24, 2.45) is 0 Å². The van der Waals surface area contributed by atoms with Crippen molar-refractivity contribution in [2.45, 2.75) is 27.2 Å². The summed E-state index contributed by atoms with van der Waals surface area (Å²) in [5.41, 5.74) is 1.85. The van der Waals surface area contributed by atoms with E-state index in [1.54, 1.807) is 12.1 Å². The maximum Gasteiger partial charge on any atom is 0.411 e. The van der Waals surface area contributed by atoms with Crippen LogP contribution >= 0.6 is 0 Å². The lowest BCUT2D eigenvalue weighted by molar-refractivity contribution is -0.138. The summed E-state index contributed by atoms with van der Waals surface area (Å²) in [4.78, 5) is 22.1. The van der Waals surface area contributed by atoms with Gasteiger partial charge in [-0.1, -0.05) is 39.5 Å². The second-order valence-electron chi connectivity index (χ2n) is 3.68. The molecule has 0 radical (unpaired) electrons. The summed E-state index contributed by atoms with van der Waals surface area (Å²) in [6.45, 7) is 9.31. The predicted molar refractivity (Wildman–Crippen MR) is 83.3 cm³/mol. The van der Waals surface area contributed by atoms with Crippen LogP contribution in [0.4, 0.5) is 10.5 Å². The van der Waals surface area contributed by atoms with E-state index in [1.807, 2.05) is 26.0 Å². The van der Waals surface area contributed by atoms with Crippen molar-refractivity contribution in [3.05, 3.63) is 42.5 Å². The summed E-state index contributed by atoms with van der Waals surface area (Å²) < 4.78 is 9.50. The van der Waals surface area contributed by atoms with Gasteiger partial charge in [0, 0.05) is 11.8 Å². The highest BCUT2D eigenvalue weighted by atomic mass is 16.6. The number of benzene rings is 1. The van der Waals surface area contributed by atoms with Crippen molar-refractivity contribution in [3.8, 4) is 0 Å². The van der Waals surface area contributed by atoms with Gasteiger partial charge in [-0.25, -0.2) is 9.59 Å². The van der Waals surface area contributed by atoms with Crippen LogP contribution in [0.25, 0.3) is 0 Å². The van der Waals surface area contributed by atoms with Gasteiger partial charge in [0.15, 0.2) is 0 Å². The maximum absolute atomic E-state index is 11.4. The number of rotatable bonds is 6. The van der Waals surface area contributed by atoms with Crippen LogP contribution in [0.1, 0.15) is 26.3 Å². The molecule has 5 nitrogen and oxygen atoms in total. The molecule has 0 aliphatic rings. The molecule has 0 aromatic heterocycles. The Hall–Kier alpha value is -2.30. The Morgan fingerprint density at radius 2 is 1.71 bits per heavy atom. The van der Waals surface area contributed by atoms with Crippen LogP contribution in [-0.2, 0) is 20.7 Å². The number of nitrogens with one attached hydrogen (secondary N) is 1. The molecule has 21 heavy (non-hydrogen) atoms. The highest BCUT2D eigenvalue weighted by Crippen LogP contribution is 2.10. The number of hydrogen-bond donors (Lipinski definition) is 1. The Kier molecular flexibility index (Phi) is 10.3. The van der Waals surface area contributed by atoms with E-state index >= 15 is 0 Å². The van der Waals surface area contributed by atoms with Gasteiger partial charge >= 0.3 is 12.1 Å². The molecule has 0 saturated heterocycles. The average molecular weight is 293 g/mol. The fourth-order valence-electron chi connectivity index (χ4n) is 1.31. The van der Waals surface area contributed by atoms with Gasteiger partial charge in [-0.3, -0.25) is 5.32 Å². The predicted octanol–water partition coefficient (Wildman–Crippen LogP) is 3.55. The van der Waals surface area contributed by atoms with Gasteiger partial charge in [0.1, 0.15) is 13.2 Å². The zero-order chi connectivity index (χ0) is 16.1. The van der Waals surface area contributed by atoms with E-state index < -0.39 is 12.1 Å². The Labute approximate surface area is 125 Å². The van der Waals surface area contributed by atoms with Crippen LogP contribution in [0.5, 0.6) is 0 Å². The molecule has 0 unspecified atom stereocenters. The van der Waals surface area contributed by atoms with Crippen molar-refractivity contribution >= 4 is 17.7 Å². The van der Waals surface area contributed by atoms with Crippen molar-refractivity contribution in [1.29, 1.82) is 0 Å². The van der Waals surface area contributed by atoms with Crippen LogP contribution in [0, 0.1) is 0 Å². The lowest BCUT2D eigenvalue weighted by Gasteiger charge is -2.07. The second kappa shape index (κ2) is 11.5. The Morgan fingerprint density at radius 1 is 1.14 bits per heavy atom. The van der Waals surface area contributed by atoms with Gasteiger partial charge in [-0.05, 0) is 24.1 Å². The lowest BCUT2D eigenvalue weighted by atomic mass is 10.1. The number of ether oxygens (including phenoxy) is 2. The molecular weight excluding hydrogens is 270 g/mol. The first-order valence-electron chi connectivity index (χ1n) is 6.97. The first kappa shape index (κ1) is 18.7. The Morgan fingerprint density at radius 3 is 2.24 bits per heavy atom. The number of carbonyl (C=O) groups excluding carboxylic acids is 2. The molecule has 0 aliphatic heterocycles. The van der Waals surface area contributed by atoms with Gasteiger partial charge < -0.3 is 9.47 Å². The molecule has 0 aliphatic carbocycles. The number of esters is 1. The number of amides is 1.